The summed E-state index contributed by atoms with van der Waals surface area (Å²) in [5, 5.41) is 11.0. The second-order valence-electron chi connectivity index (χ2n) is 10.0. The lowest BCUT2D eigenvalue weighted by Gasteiger charge is -2.44. The van der Waals surface area contributed by atoms with Crippen molar-refractivity contribution in [1.29, 1.82) is 0 Å². The Bertz CT molecular complexity index is 987. The van der Waals surface area contributed by atoms with Crippen molar-refractivity contribution in [2.24, 2.45) is 11.8 Å². The molecule has 0 radical (unpaired) electrons. The van der Waals surface area contributed by atoms with Gasteiger partial charge in [0.15, 0.2) is 5.66 Å². The van der Waals surface area contributed by atoms with Gasteiger partial charge in [0.05, 0.1) is 31.5 Å². The van der Waals surface area contributed by atoms with Crippen molar-refractivity contribution < 1.29 is 14.3 Å². The summed E-state index contributed by atoms with van der Waals surface area (Å²) in [5.74, 6) is 1.57. The van der Waals surface area contributed by atoms with Crippen LogP contribution in [0.2, 0.25) is 0 Å². The van der Waals surface area contributed by atoms with Crippen LogP contribution in [0.25, 0.3) is 0 Å². The molecule has 0 aromatic heterocycles. The number of hydrogen-bond acceptors (Lipinski definition) is 5. The van der Waals surface area contributed by atoms with Gasteiger partial charge in [0.25, 0.3) is 0 Å². The van der Waals surface area contributed by atoms with Gasteiger partial charge in [-0.25, -0.2) is 0 Å². The van der Waals surface area contributed by atoms with E-state index in [2.05, 4.69) is 28.1 Å². The second kappa shape index (κ2) is 9.77. The molecule has 5 rings (SSSR count). The average molecular weight is 464 g/mol. The molecule has 0 saturated heterocycles. The summed E-state index contributed by atoms with van der Waals surface area (Å²) in [7, 11) is 3.34. The minimum absolute atomic E-state index is 0.143. The number of rotatable bonds is 7. The molecule has 1 amide bonds. The standard InChI is InChI=1S/C28H37N3O3/c1-33-21-16-17-22(25(18-21)34-2)28(30-23-14-8-9-15-24(23)31-28)26(19-10-4-3-5-11-19)27(32)29-20-12-6-7-13-20/h8-9,14-20,26,30-31H,3-7,10-13H2,1-2H3,(H,29,32). The number of carbonyl (C=O) groups is 1. The van der Waals surface area contributed by atoms with Crippen LogP contribution in [0.3, 0.4) is 0 Å². The molecule has 6 nitrogen and oxygen atoms in total. The Morgan fingerprint density at radius 2 is 1.56 bits per heavy atom. The van der Waals surface area contributed by atoms with Gasteiger partial charge in [-0.3, -0.25) is 4.79 Å². The van der Waals surface area contributed by atoms with E-state index in [1.54, 1.807) is 14.2 Å². The Kier molecular flexibility index (Phi) is 6.57. The fourth-order valence-electron chi connectivity index (χ4n) is 6.33. The molecule has 2 aromatic carbocycles. The number of nitrogens with one attached hydrogen (secondary N) is 3. The van der Waals surface area contributed by atoms with Gasteiger partial charge >= 0.3 is 0 Å². The summed E-state index contributed by atoms with van der Waals surface area (Å²) in [6.45, 7) is 0. The Balaban J connectivity index is 1.63. The molecular weight excluding hydrogens is 426 g/mol. The van der Waals surface area contributed by atoms with E-state index in [9.17, 15) is 4.79 Å². The van der Waals surface area contributed by atoms with Gasteiger partial charge in [-0.1, -0.05) is 44.2 Å². The second-order valence-corrected chi connectivity index (χ2v) is 10.0. The number of benzene rings is 2. The highest BCUT2D eigenvalue weighted by Gasteiger charge is 2.53. The molecule has 3 aliphatic rings. The van der Waals surface area contributed by atoms with Crippen LogP contribution in [0.5, 0.6) is 11.5 Å². The van der Waals surface area contributed by atoms with Gasteiger partial charge in [-0.05, 0) is 55.9 Å². The van der Waals surface area contributed by atoms with Crippen molar-refractivity contribution in [2.75, 3.05) is 24.9 Å². The first kappa shape index (κ1) is 22.9. The van der Waals surface area contributed by atoms with Crippen molar-refractivity contribution in [2.45, 2.75) is 69.5 Å². The van der Waals surface area contributed by atoms with E-state index >= 15 is 0 Å². The molecule has 1 unspecified atom stereocenters. The summed E-state index contributed by atoms with van der Waals surface area (Å²) in [4.78, 5) is 14.2. The molecule has 2 aromatic rings. The van der Waals surface area contributed by atoms with Crippen LogP contribution in [0.15, 0.2) is 42.5 Å². The molecule has 2 aliphatic carbocycles. The van der Waals surface area contributed by atoms with Crippen LogP contribution < -0.4 is 25.4 Å². The van der Waals surface area contributed by atoms with E-state index in [1.165, 1.54) is 32.1 Å². The minimum Gasteiger partial charge on any atom is -0.497 e. The predicted octanol–water partition coefficient (Wildman–Crippen LogP) is 5.65. The maximum Gasteiger partial charge on any atom is 0.228 e. The number of para-hydroxylation sites is 2. The van der Waals surface area contributed by atoms with Crippen LogP contribution >= 0.6 is 0 Å². The van der Waals surface area contributed by atoms with Crippen molar-refractivity contribution in [1.82, 2.24) is 5.32 Å². The zero-order valence-electron chi connectivity index (χ0n) is 20.4. The van der Waals surface area contributed by atoms with Crippen molar-refractivity contribution in [3.8, 4) is 11.5 Å². The van der Waals surface area contributed by atoms with Gasteiger partial charge in [0.2, 0.25) is 5.91 Å². The van der Waals surface area contributed by atoms with Crippen LogP contribution in [0.1, 0.15) is 63.4 Å². The SMILES string of the molecule is COc1ccc(C2(C(C(=O)NC3CCCC3)C3CCCCC3)Nc3ccccc3N2)c(OC)c1. The van der Waals surface area contributed by atoms with Crippen LogP contribution in [-0.2, 0) is 10.5 Å². The Hall–Kier alpha value is -2.89. The summed E-state index contributed by atoms with van der Waals surface area (Å²) < 4.78 is 11.4. The third-order valence-electron chi connectivity index (χ3n) is 8.00. The fourth-order valence-corrected chi connectivity index (χ4v) is 6.33. The van der Waals surface area contributed by atoms with E-state index in [0.29, 0.717) is 5.75 Å². The third kappa shape index (κ3) is 4.19. The molecule has 1 atom stereocenters. The van der Waals surface area contributed by atoms with Gasteiger partial charge in [-0.15, -0.1) is 0 Å². The topological polar surface area (TPSA) is 71.6 Å². The monoisotopic (exact) mass is 463 g/mol. The summed E-state index contributed by atoms with van der Waals surface area (Å²) in [6.07, 6.45) is 10.2. The van der Waals surface area contributed by atoms with Crippen molar-refractivity contribution >= 4 is 17.3 Å². The fraction of sp³-hybridized carbons (Fsp3) is 0.536. The third-order valence-corrected chi connectivity index (χ3v) is 8.00. The minimum atomic E-state index is -0.813. The molecule has 1 aliphatic heterocycles. The van der Waals surface area contributed by atoms with E-state index in [-0.39, 0.29) is 23.8 Å². The molecular formula is C28H37N3O3. The van der Waals surface area contributed by atoms with Crippen LogP contribution in [-0.4, -0.2) is 26.2 Å². The lowest BCUT2D eigenvalue weighted by Crippen LogP contribution is -2.56. The number of amides is 1. The van der Waals surface area contributed by atoms with Gasteiger partial charge in [0, 0.05) is 17.7 Å². The molecule has 2 saturated carbocycles. The number of fused-ring (bicyclic) bond motifs is 1. The van der Waals surface area contributed by atoms with Crippen LogP contribution in [0, 0.1) is 11.8 Å². The number of carbonyl (C=O) groups excluding carboxylic acids is 1. The van der Waals surface area contributed by atoms with E-state index < -0.39 is 5.66 Å². The van der Waals surface area contributed by atoms with Gasteiger partial charge in [-0.2, -0.15) is 0 Å². The lowest BCUT2D eigenvalue weighted by atomic mass is 9.70. The van der Waals surface area contributed by atoms with E-state index in [0.717, 1.165) is 48.4 Å². The van der Waals surface area contributed by atoms with E-state index in [1.807, 2.05) is 30.3 Å². The summed E-state index contributed by atoms with van der Waals surface area (Å²) in [6, 6.07) is 14.4. The Morgan fingerprint density at radius 1 is 0.912 bits per heavy atom. The van der Waals surface area contributed by atoms with E-state index in [4.69, 9.17) is 9.47 Å². The zero-order valence-corrected chi connectivity index (χ0v) is 20.4. The number of methoxy groups -OCH3 is 2. The molecule has 3 N–H and O–H groups in total. The smallest absolute Gasteiger partial charge is 0.228 e. The van der Waals surface area contributed by atoms with Gasteiger partial charge in [0.1, 0.15) is 11.5 Å². The number of ether oxygens (including phenoxy) is 2. The molecule has 0 spiro atoms. The Labute approximate surface area is 202 Å². The largest absolute Gasteiger partial charge is 0.497 e. The average Bonchev–Trinajstić information content (AvgIpc) is 3.52. The highest BCUT2D eigenvalue weighted by atomic mass is 16.5. The van der Waals surface area contributed by atoms with Crippen molar-refractivity contribution in [3.05, 3.63) is 48.0 Å². The molecule has 34 heavy (non-hydrogen) atoms. The Morgan fingerprint density at radius 3 is 2.18 bits per heavy atom. The number of hydrogen-bond donors (Lipinski definition) is 3. The first-order chi connectivity index (χ1) is 16.6. The van der Waals surface area contributed by atoms with Crippen LogP contribution in [0.4, 0.5) is 11.4 Å². The first-order valence-corrected chi connectivity index (χ1v) is 12.8. The highest BCUT2D eigenvalue weighted by molar-refractivity contribution is 5.87. The molecule has 6 heteroatoms. The normalized spacial score (nSPS) is 20.6. The van der Waals surface area contributed by atoms with Crippen molar-refractivity contribution in [3.63, 3.8) is 0 Å². The van der Waals surface area contributed by atoms with Gasteiger partial charge < -0.3 is 25.4 Å². The molecule has 182 valence electrons. The first-order valence-electron chi connectivity index (χ1n) is 12.8. The molecule has 1 heterocycles. The zero-order chi connectivity index (χ0) is 23.5. The molecule has 2 fully saturated rings. The maximum absolute atomic E-state index is 14.2. The summed E-state index contributed by atoms with van der Waals surface area (Å²) >= 11 is 0. The maximum atomic E-state index is 14.2. The lowest BCUT2D eigenvalue weighted by molar-refractivity contribution is -0.130. The predicted molar refractivity (Wildman–Crippen MR) is 135 cm³/mol. The number of anilines is 2. The highest BCUT2D eigenvalue weighted by Crippen LogP contribution is 2.51. The molecule has 0 bridgehead atoms. The summed E-state index contributed by atoms with van der Waals surface area (Å²) in [5.41, 5.74) is 2.14. The quantitative estimate of drug-likeness (QED) is 0.495.